The number of carbonyl (C=O) groups excluding carboxylic acids is 2. The van der Waals surface area contributed by atoms with E-state index in [1.165, 1.54) is 18.2 Å². The van der Waals surface area contributed by atoms with Gasteiger partial charge in [0.05, 0.1) is 0 Å². The third kappa shape index (κ3) is 5.54. The van der Waals surface area contributed by atoms with Gasteiger partial charge in [0.1, 0.15) is 5.75 Å². The molecule has 0 spiro atoms. The lowest BCUT2D eigenvalue weighted by Crippen LogP contribution is -2.12. The number of hydrogen-bond donors (Lipinski definition) is 0. The number of hydrogen-bond acceptors (Lipinski definition) is 4. The van der Waals surface area contributed by atoms with Crippen molar-refractivity contribution in [3.8, 4) is 11.5 Å². The van der Waals surface area contributed by atoms with E-state index < -0.39 is 17.8 Å². The molecule has 0 aliphatic carbocycles. The Morgan fingerprint density at radius 3 is 2.35 bits per heavy atom. The highest BCUT2D eigenvalue weighted by atomic mass is 19.1. The molecule has 120 valence electrons. The van der Waals surface area contributed by atoms with Crippen LogP contribution in [0.3, 0.4) is 0 Å². The third-order valence-corrected chi connectivity index (χ3v) is 3.04. The van der Waals surface area contributed by atoms with Crippen LogP contribution in [-0.2, 0) is 9.59 Å². The second-order valence-electron chi connectivity index (χ2n) is 5.05. The normalized spacial score (nSPS) is 10.2. The highest BCUT2D eigenvalue weighted by Gasteiger charge is 2.11. The van der Waals surface area contributed by atoms with Gasteiger partial charge in [0.25, 0.3) is 0 Å². The van der Waals surface area contributed by atoms with Crippen LogP contribution in [-0.4, -0.2) is 11.9 Å². The molecule has 2 aromatic rings. The van der Waals surface area contributed by atoms with E-state index in [9.17, 15) is 14.0 Å². The Balaban J connectivity index is 1.73. The minimum atomic E-state index is -0.597. The molecule has 0 aliphatic rings. The van der Waals surface area contributed by atoms with E-state index in [1.807, 2.05) is 13.0 Å². The molecule has 0 bridgehead atoms. The van der Waals surface area contributed by atoms with Gasteiger partial charge in [0.15, 0.2) is 11.6 Å². The molecule has 2 aromatic carbocycles. The van der Waals surface area contributed by atoms with Gasteiger partial charge in [-0.3, -0.25) is 9.59 Å². The molecule has 0 aromatic heterocycles. The molecule has 0 saturated heterocycles. The van der Waals surface area contributed by atoms with Crippen LogP contribution in [0.4, 0.5) is 4.39 Å². The summed E-state index contributed by atoms with van der Waals surface area (Å²) in [4.78, 5) is 23.3. The fraction of sp³-hybridized carbons (Fsp3) is 0.222. The number of benzene rings is 2. The first-order chi connectivity index (χ1) is 11.0. The van der Waals surface area contributed by atoms with E-state index in [1.54, 1.807) is 24.3 Å². The predicted molar refractivity (Wildman–Crippen MR) is 82.7 cm³/mol. The van der Waals surface area contributed by atoms with E-state index >= 15 is 0 Å². The molecule has 4 nitrogen and oxygen atoms in total. The van der Waals surface area contributed by atoms with E-state index in [-0.39, 0.29) is 25.0 Å². The summed E-state index contributed by atoms with van der Waals surface area (Å²) in [5.41, 5.74) is 0.990. The quantitative estimate of drug-likeness (QED) is 0.600. The average Bonchev–Trinajstić information content (AvgIpc) is 2.49. The Morgan fingerprint density at radius 2 is 1.65 bits per heavy atom. The first kappa shape index (κ1) is 16.7. The van der Waals surface area contributed by atoms with Gasteiger partial charge >= 0.3 is 11.9 Å². The second kappa shape index (κ2) is 8.08. The van der Waals surface area contributed by atoms with Crippen LogP contribution in [0.2, 0.25) is 0 Å². The Kier molecular flexibility index (Phi) is 5.86. The zero-order chi connectivity index (χ0) is 16.7. The zero-order valence-electron chi connectivity index (χ0n) is 12.8. The second-order valence-corrected chi connectivity index (χ2v) is 5.05. The summed E-state index contributed by atoms with van der Waals surface area (Å²) < 4.78 is 23.4. The summed E-state index contributed by atoms with van der Waals surface area (Å²) in [6.45, 7) is 1.90. The molecule has 0 unspecified atom stereocenters. The lowest BCUT2D eigenvalue weighted by atomic mass is 10.2. The molecule has 0 N–H and O–H groups in total. The Morgan fingerprint density at radius 1 is 0.957 bits per heavy atom. The van der Waals surface area contributed by atoms with Crippen LogP contribution in [0.15, 0.2) is 48.5 Å². The SMILES string of the molecule is Cc1cccc(OC(=O)CCCC(=O)Oc2ccccc2F)c1. The number of esters is 2. The maximum Gasteiger partial charge on any atom is 0.311 e. The summed E-state index contributed by atoms with van der Waals surface area (Å²) in [6, 6.07) is 12.8. The summed E-state index contributed by atoms with van der Waals surface area (Å²) in [5, 5.41) is 0. The van der Waals surface area contributed by atoms with E-state index in [2.05, 4.69) is 0 Å². The van der Waals surface area contributed by atoms with E-state index in [4.69, 9.17) is 9.47 Å². The fourth-order valence-electron chi connectivity index (χ4n) is 1.94. The number of para-hydroxylation sites is 1. The lowest BCUT2D eigenvalue weighted by Gasteiger charge is -2.06. The van der Waals surface area contributed by atoms with Gasteiger partial charge < -0.3 is 9.47 Å². The smallest absolute Gasteiger partial charge is 0.311 e. The van der Waals surface area contributed by atoms with Crippen molar-refractivity contribution in [2.75, 3.05) is 0 Å². The number of halogens is 1. The molecule has 5 heteroatoms. The molecule has 0 heterocycles. The number of ether oxygens (including phenoxy) is 2. The maximum absolute atomic E-state index is 13.3. The van der Waals surface area contributed by atoms with Gasteiger partial charge in [-0.25, -0.2) is 4.39 Å². The minimum Gasteiger partial charge on any atom is -0.427 e. The zero-order valence-corrected chi connectivity index (χ0v) is 12.8. The lowest BCUT2D eigenvalue weighted by molar-refractivity contribution is -0.136. The summed E-state index contributed by atoms with van der Waals surface area (Å²) >= 11 is 0. The molecule has 0 amide bonds. The molecular formula is C18H17FO4. The van der Waals surface area contributed by atoms with Crippen molar-refractivity contribution in [3.63, 3.8) is 0 Å². The van der Waals surface area contributed by atoms with Crippen molar-refractivity contribution in [1.29, 1.82) is 0 Å². The van der Waals surface area contributed by atoms with Crippen molar-refractivity contribution in [1.82, 2.24) is 0 Å². The molecule has 0 radical (unpaired) electrons. The molecule has 0 fully saturated rings. The maximum atomic E-state index is 13.3. The average molecular weight is 316 g/mol. The number of carbonyl (C=O) groups is 2. The first-order valence-corrected chi connectivity index (χ1v) is 7.27. The van der Waals surface area contributed by atoms with Crippen molar-refractivity contribution in [2.45, 2.75) is 26.2 Å². The summed E-state index contributed by atoms with van der Waals surface area (Å²) in [7, 11) is 0. The summed E-state index contributed by atoms with van der Waals surface area (Å²) in [6.07, 6.45) is 0.371. The van der Waals surface area contributed by atoms with E-state index in [0.717, 1.165) is 5.56 Å². The van der Waals surface area contributed by atoms with Gasteiger partial charge in [-0.15, -0.1) is 0 Å². The van der Waals surface area contributed by atoms with Crippen molar-refractivity contribution in [2.24, 2.45) is 0 Å². The van der Waals surface area contributed by atoms with Crippen molar-refractivity contribution in [3.05, 3.63) is 59.9 Å². The standard InChI is InChI=1S/C18H17FO4/c1-13-6-4-7-14(12-13)22-17(20)10-5-11-18(21)23-16-9-3-2-8-15(16)19/h2-4,6-9,12H,5,10-11H2,1H3. The fourth-order valence-corrected chi connectivity index (χ4v) is 1.94. The molecule has 0 aliphatic heterocycles. The molecule has 23 heavy (non-hydrogen) atoms. The van der Waals surface area contributed by atoms with Gasteiger partial charge in [-0.2, -0.15) is 0 Å². The summed E-state index contributed by atoms with van der Waals surface area (Å²) in [5.74, 6) is -1.24. The molecule has 0 saturated carbocycles. The molecular weight excluding hydrogens is 299 g/mol. The Bertz CT molecular complexity index is 697. The third-order valence-electron chi connectivity index (χ3n) is 3.04. The van der Waals surface area contributed by atoms with Crippen LogP contribution in [0.5, 0.6) is 11.5 Å². The van der Waals surface area contributed by atoms with Gasteiger partial charge in [0.2, 0.25) is 0 Å². The highest BCUT2D eigenvalue weighted by Crippen LogP contribution is 2.17. The predicted octanol–water partition coefficient (Wildman–Crippen LogP) is 3.82. The van der Waals surface area contributed by atoms with Crippen molar-refractivity contribution < 1.29 is 23.5 Å². The number of rotatable bonds is 6. The Labute approximate surface area is 133 Å². The van der Waals surface area contributed by atoms with Crippen molar-refractivity contribution >= 4 is 11.9 Å². The van der Waals surface area contributed by atoms with E-state index in [0.29, 0.717) is 5.75 Å². The minimum absolute atomic E-state index is 0.0112. The van der Waals surface area contributed by atoms with Gasteiger partial charge in [-0.1, -0.05) is 24.3 Å². The van der Waals surface area contributed by atoms with Gasteiger partial charge in [0, 0.05) is 12.8 Å². The van der Waals surface area contributed by atoms with Crippen LogP contribution in [0, 0.1) is 12.7 Å². The molecule has 0 atom stereocenters. The number of aryl methyl sites for hydroxylation is 1. The van der Waals surface area contributed by atoms with Gasteiger partial charge in [-0.05, 0) is 43.2 Å². The first-order valence-electron chi connectivity index (χ1n) is 7.27. The molecule has 2 rings (SSSR count). The van der Waals surface area contributed by atoms with Crippen LogP contribution in [0.25, 0.3) is 0 Å². The largest absolute Gasteiger partial charge is 0.427 e. The monoisotopic (exact) mass is 316 g/mol. The Hall–Kier alpha value is -2.69. The highest BCUT2D eigenvalue weighted by molar-refractivity contribution is 5.75. The topological polar surface area (TPSA) is 52.6 Å². The van der Waals surface area contributed by atoms with Crippen LogP contribution in [0.1, 0.15) is 24.8 Å². The van der Waals surface area contributed by atoms with Crippen LogP contribution >= 0.6 is 0 Å². The van der Waals surface area contributed by atoms with Crippen LogP contribution < -0.4 is 9.47 Å².